The molecule has 1 fully saturated rings. The molecule has 1 saturated heterocycles. The van der Waals surface area contributed by atoms with Crippen molar-refractivity contribution in [3.05, 3.63) is 64.7 Å². The average Bonchev–Trinajstić information content (AvgIpc) is 3.25. The van der Waals surface area contributed by atoms with Crippen LogP contribution in [0.15, 0.2) is 53.4 Å². The molecule has 0 aliphatic carbocycles. The molecule has 0 spiro atoms. The van der Waals surface area contributed by atoms with E-state index >= 15 is 0 Å². The molecule has 0 saturated carbocycles. The van der Waals surface area contributed by atoms with Gasteiger partial charge in [-0.05, 0) is 61.4 Å². The molecule has 2 aromatic carbocycles. The van der Waals surface area contributed by atoms with E-state index in [1.807, 2.05) is 0 Å². The molecular formula is C20H20ClNO6S. The van der Waals surface area contributed by atoms with Crippen LogP contribution in [0.4, 0.5) is 0 Å². The monoisotopic (exact) mass is 437 g/mol. The third-order valence-electron chi connectivity index (χ3n) is 4.43. The third-order valence-corrected chi connectivity index (χ3v) is 6.12. The maximum atomic E-state index is 12.3. The second-order valence-electron chi connectivity index (χ2n) is 6.52. The zero-order valence-electron chi connectivity index (χ0n) is 15.5. The Balaban J connectivity index is 1.55. The molecule has 3 rings (SSSR count). The van der Waals surface area contributed by atoms with Gasteiger partial charge < -0.3 is 9.47 Å². The summed E-state index contributed by atoms with van der Waals surface area (Å²) >= 11 is 5.77. The average molecular weight is 438 g/mol. The predicted molar refractivity (Wildman–Crippen MR) is 107 cm³/mol. The molecule has 9 heteroatoms. The van der Waals surface area contributed by atoms with E-state index < -0.39 is 22.6 Å². The zero-order valence-corrected chi connectivity index (χ0v) is 17.0. The fraction of sp³-hybridized carbons (Fsp3) is 0.300. The van der Waals surface area contributed by atoms with Gasteiger partial charge in [0.15, 0.2) is 12.4 Å². The van der Waals surface area contributed by atoms with Gasteiger partial charge in [-0.1, -0.05) is 11.6 Å². The molecule has 1 atom stereocenters. The van der Waals surface area contributed by atoms with E-state index in [-0.39, 0.29) is 28.9 Å². The molecule has 29 heavy (non-hydrogen) atoms. The number of nitrogens with one attached hydrogen (secondary N) is 1. The molecule has 0 radical (unpaired) electrons. The molecule has 1 N–H and O–H groups in total. The minimum atomic E-state index is -3.70. The summed E-state index contributed by atoms with van der Waals surface area (Å²) in [7, 11) is -3.70. The molecule has 0 aromatic heterocycles. The maximum absolute atomic E-state index is 12.3. The van der Waals surface area contributed by atoms with Gasteiger partial charge in [-0.15, -0.1) is 0 Å². The van der Waals surface area contributed by atoms with Crippen molar-refractivity contribution < 1.29 is 27.5 Å². The molecule has 0 unspecified atom stereocenters. The fourth-order valence-corrected chi connectivity index (χ4v) is 3.99. The number of halogens is 1. The highest BCUT2D eigenvalue weighted by Crippen LogP contribution is 2.15. The van der Waals surface area contributed by atoms with Crippen molar-refractivity contribution in [1.82, 2.24) is 4.72 Å². The molecule has 1 aliphatic rings. The van der Waals surface area contributed by atoms with Crippen LogP contribution in [-0.2, 0) is 19.5 Å². The summed E-state index contributed by atoms with van der Waals surface area (Å²) < 4.78 is 37.6. The molecule has 154 valence electrons. The van der Waals surface area contributed by atoms with Gasteiger partial charge in [0.1, 0.15) is 0 Å². The molecule has 1 aliphatic heterocycles. The number of hydrogen-bond acceptors (Lipinski definition) is 6. The van der Waals surface area contributed by atoms with Gasteiger partial charge >= 0.3 is 5.97 Å². The van der Waals surface area contributed by atoms with Gasteiger partial charge in [0, 0.05) is 23.7 Å². The number of ether oxygens (including phenoxy) is 2. The normalized spacial score (nSPS) is 16.5. The lowest BCUT2D eigenvalue weighted by Gasteiger charge is -2.11. The Morgan fingerprint density at radius 3 is 2.34 bits per heavy atom. The van der Waals surface area contributed by atoms with Crippen LogP contribution in [0.25, 0.3) is 0 Å². The molecule has 7 nitrogen and oxygen atoms in total. The Bertz CT molecular complexity index is 967. The Morgan fingerprint density at radius 2 is 1.72 bits per heavy atom. The standard InChI is InChI=1S/C20H20ClNO6S/c21-16-7-3-14(4-8-16)19(23)13-28-20(24)15-5-9-18(10-6-15)29(25,26)22-12-17-2-1-11-27-17/h3-10,17,22H,1-2,11-13H2/t17-/m1/s1. The molecule has 1 heterocycles. The number of sulfonamides is 1. The number of carbonyl (C=O) groups is 2. The Morgan fingerprint density at radius 1 is 1.07 bits per heavy atom. The topological polar surface area (TPSA) is 98.8 Å². The molecular weight excluding hydrogens is 418 g/mol. The van der Waals surface area contributed by atoms with Crippen LogP contribution in [0.3, 0.4) is 0 Å². The summed E-state index contributed by atoms with van der Waals surface area (Å²) in [5.74, 6) is -1.09. The van der Waals surface area contributed by atoms with E-state index in [2.05, 4.69) is 4.72 Å². The van der Waals surface area contributed by atoms with Crippen LogP contribution in [-0.4, -0.2) is 46.0 Å². The van der Waals surface area contributed by atoms with E-state index in [0.717, 1.165) is 12.8 Å². The van der Waals surface area contributed by atoms with E-state index in [0.29, 0.717) is 17.2 Å². The summed E-state index contributed by atoms with van der Waals surface area (Å²) in [5, 5.41) is 0.499. The minimum Gasteiger partial charge on any atom is -0.454 e. The number of esters is 1. The lowest BCUT2D eigenvalue weighted by Crippen LogP contribution is -2.31. The summed E-state index contributed by atoms with van der Waals surface area (Å²) in [6, 6.07) is 11.5. The highest BCUT2D eigenvalue weighted by molar-refractivity contribution is 7.89. The minimum absolute atomic E-state index is 0.0317. The van der Waals surface area contributed by atoms with Crippen LogP contribution in [0.2, 0.25) is 5.02 Å². The van der Waals surface area contributed by atoms with Gasteiger partial charge in [0.05, 0.1) is 16.6 Å². The predicted octanol–water partition coefficient (Wildman–Crippen LogP) is 2.84. The van der Waals surface area contributed by atoms with Crippen molar-refractivity contribution in [2.24, 2.45) is 0 Å². The Kier molecular flexibility index (Phi) is 7.02. The first-order valence-corrected chi connectivity index (χ1v) is 10.9. The molecule has 0 bridgehead atoms. The van der Waals surface area contributed by atoms with Gasteiger partial charge in [-0.25, -0.2) is 17.9 Å². The smallest absolute Gasteiger partial charge is 0.338 e. The van der Waals surface area contributed by atoms with E-state index in [9.17, 15) is 18.0 Å². The first kappa shape index (κ1) is 21.4. The van der Waals surface area contributed by atoms with Crippen LogP contribution >= 0.6 is 11.6 Å². The van der Waals surface area contributed by atoms with Crippen molar-refractivity contribution in [1.29, 1.82) is 0 Å². The maximum Gasteiger partial charge on any atom is 0.338 e. The summed E-state index contributed by atoms with van der Waals surface area (Å²) in [6.45, 7) is 0.423. The Labute approximate surface area is 174 Å². The lowest BCUT2D eigenvalue weighted by atomic mass is 10.1. The number of benzene rings is 2. The molecule has 0 amide bonds. The van der Waals surface area contributed by atoms with Gasteiger partial charge in [0.25, 0.3) is 0 Å². The highest BCUT2D eigenvalue weighted by atomic mass is 35.5. The lowest BCUT2D eigenvalue weighted by molar-refractivity contribution is 0.0474. The van der Waals surface area contributed by atoms with Crippen molar-refractivity contribution in [2.75, 3.05) is 19.8 Å². The van der Waals surface area contributed by atoms with Crippen LogP contribution in [0.1, 0.15) is 33.6 Å². The van der Waals surface area contributed by atoms with Crippen molar-refractivity contribution in [2.45, 2.75) is 23.8 Å². The largest absolute Gasteiger partial charge is 0.454 e. The van der Waals surface area contributed by atoms with E-state index in [1.165, 1.54) is 24.3 Å². The van der Waals surface area contributed by atoms with E-state index in [4.69, 9.17) is 21.1 Å². The highest BCUT2D eigenvalue weighted by Gasteiger charge is 2.21. The number of rotatable bonds is 8. The summed E-state index contributed by atoms with van der Waals surface area (Å²) in [4.78, 5) is 24.2. The number of carbonyl (C=O) groups excluding carboxylic acids is 2. The third kappa shape index (κ3) is 5.86. The van der Waals surface area contributed by atoms with Crippen LogP contribution in [0.5, 0.6) is 0 Å². The van der Waals surface area contributed by atoms with Crippen LogP contribution in [0, 0.1) is 0 Å². The Hall–Kier alpha value is -2.26. The van der Waals surface area contributed by atoms with Crippen molar-refractivity contribution in [3.63, 3.8) is 0 Å². The first-order valence-electron chi connectivity index (χ1n) is 9.02. The van der Waals surface area contributed by atoms with Crippen molar-refractivity contribution >= 4 is 33.4 Å². The number of Topliss-reactive ketones (excluding diaryl/α,β-unsaturated/α-hetero) is 1. The second kappa shape index (κ2) is 9.49. The summed E-state index contributed by atoms with van der Waals surface area (Å²) in [6.07, 6.45) is 1.63. The quantitative estimate of drug-likeness (QED) is 0.503. The SMILES string of the molecule is O=C(COC(=O)c1ccc(S(=O)(=O)NC[C@H]2CCCO2)cc1)c1ccc(Cl)cc1. The first-order chi connectivity index (χ1) is 13.8. The number of hydrogen-bond donors (Lipinski definition) is 1. The summed E-state index contributed by atoms with van der Waals surface area (Å²) in [5.41, 5.74) is 0.521. The zero-order chi connectivity index (χ0) is 20.9. The van der Waals surface area contributed by atoms with Gasteiger partial charge in [0.2, 0.25) is 10.0 Å². The fourth-order valence-electron chi connectivity index (χ4n) is 2.80. The second-order valence-corrected chi connectivity index (χ2v) is 8.72. The van der Waals surface area contributed by atoms with Gasteiger partial charge in [-0.2, -0.15) is 0 Å². The van der Waals surface area contributed by atoms with E-state index in [1.54, 1.807) is 24.3 Å². The van der Waals surface area contributed by atoms with Gasteiger partial charge in [-0.3, -0.25) is 4.79 Å². The van der Waals surface area contributed by atoms with Crippen LogP contribution < -0.4 is 4.72 Å². The van der Waals surface area contributed by atoms with Crippen molar-refractivity contribution in [3.8, 4) is 0 Å². The number of ketones is 1. The molecule has 2 aromatic rings.